The van der Waals surface area contributed by atoms with Gasteiger partial charge in [-0.15, -0.1) is 0 Å². The summed E-state index contributed by atoms with van der Waals surface area (Å²) in [5.41, 5.74) is 4.58. The molecule has 3 nitrogen and oxygen atoms in total. The van der Waals surface area contributed by atoms with Crippen LogP contribution in [0.5, 0.6) is 0 Å². The molecule has 1 saturated heterocycles. The molecule has 18 heavy (non-hydrogen) atoms. The van der Waals surface area contributed by atoms with Gasteiger partial charge in [0.2, 0.25) is 0 Å². The number of carboxylic acid groups (broad SMARTS) is 1. The lowest BCUT2D eigenvalue weighted by Gasteiger charge is -2.30. The highest BCUT2D eigenvalue weighted by Gasteiger charge is 2.33. The first kappa shape index (κ1) is 13.1. The van der Waals surface area contributed by atoms with E-state index in [-0.39, 0.29) is 6.10 Å². The van der Waals surface area contributed by atoms with Gasteiger partial charge in [0.05, 0.1) is 12.0 Å². The molecule has 0 saturated carbocycles. The lowest BCUT2D eigenvalue weighted by molar-refractivity contribution is -0.151. The molecule has 1 aliphatic rings. The number of benzene rings is 1. The van der Waals surface area contributed by atoms with Crippen LogP contribution in [0.15, 0.2) is 12.1 Å². The highest BCUT2D eigenvalue weighted by molar-refractivity contribution is 5.71. The van der Waals surface area contributed by atoms with Gasteiger partial charge in [0.15, 0.2) is 0 Å². The predicted octanol–water partition coefficient (Wildman–Crippen LogP) is 3.16. The molecule has 0 aliphatic carbocycles. The fourth-order valence-electron chi connectivity index (χ4n) is 2.63. The average molecular weight is 248 g/mol. The summed E-state index contributed by atoms with van der Waals surface area (Å²) in [6, 6.07) is 4.19. The average Bonchev–Trinajstić information content (AvgIpc) is 2.34. The van der Waals surface area contributed by atoms with Crippen LogP contribution in [0, 0.1) is 26.7 Å². The number of aryl methyl sites for hydroxylation is 3. The fraction of sp³-hybridized carbons (Fsp3) is 0.533. The quantitative estimate of drug-likeness (QED) is 0.874. The summed E-state index contributed by atoms with van der Waals surface area (Å²) in [6.07, 6.45) is 1.24. The molecule has 0 amide bonds. The van der Waals surface area contributed by atoms with Crippen LogP contribution in [-0.2, 0) is 9.53 Å². The van der Waals surface area contributed by atoms with Gasteiger partial charge in [-0.2, -0.15) is 0 Å². The molecule has 1 heterocycles. The maximum atomic E-state index is 11.3. The number of hydrogen-bond donors (Lipinski definition) is 1. The van der Waals surface area contributed by atoms with E-state index in [2.05, 4.69) is 26.0 Å². The van der Waals surface area contributed by atoms with Crippen LogP contribution in [-0.4, -0.2) is 17.7 Å². The van der Waals surface area contributed by atoms with Crippen molar-refractivity contribution in [2.24, 2.45) is 5.92 Å². The van der Waals surface area contributed by atoms with E-state index in [4.69, 9.17) is 4.74 Å². The second-order valence-electron chi connectivity index (χ2n) is 5.17. The summed E-state index contributed by atoms with van der Waals surface area (Å²) < 4.78 is 5.73. The molecular weight excluding hydrogens is 228 g/mol. The van der Waals surface area contributed by atoms with Crippen LogP contribution in [0.4, 0.5) is 0 Å². The zero-order valence-corrected chi connectivity index (χ0v) is 11.2. The molecule has 3 heteroatoms. The molecule has 2 atom stereocenters. The van der Waals surface area contributed by atoms with E-state index in [0.29, 0.717) is 13.0 Å². The van der Waals surface area contributed by atoms with E-state index in [1.807, 2.05) is 6.92 Å². The highest BCUT2D eigenvalue weighted by Crippen LogP contribution is 2.36. The molecule has 0 bridgehead atoms. The molecule has 2 unspecified atom stereocenters. The number of hydrogen-bond acceptors (Lipinski definition) is 2. The Morgan fingerprint density at radius 2 is 1.89 bits per heavy atom. The van der Waals surface area contributed by atoms with Crippen molar-refractivity contribution in [1.29, 1.82) is 0 Å². The summed E-state index contributed by atoms with van der Waals surface area (Å²) in [6.45, 7) is 6.80. The molecule has 0 radical (unpaired) electrons. The third kappa shape index (κ3) is 2.41. The number of aliphatic carboxylic acids is 1. The van der Waals surface area contributed by atoms with Crippen molar-refractivity contribution < 1.29 is 14.6 Å². The number of ether oxygens (including phenoxy) is 1. The van der Waals surface area contributed by atoms with Gasteiger partial charge in [-0.1, -0.05) is 12.1 Å². The summed E-state index contributed by atoms with van der Waals surface area (Å²) in [4.78, 5) is 11.3. The molecule has 1 aromatic rings. The van der Waals surface area contributed by atoms with Crippen LogP contribution in [0.3, 0.4) is 0 Å². The summed E-state index contributed by atoms with van der Waals surface area (Å²) in [5.74, 6) is -1.17. The summed E-state index contributed by atoms with van der Waals surface area (Å²) in [7, 11) is 0. The number of rotatable bonds is 2. The second-order valence-corrected chi connectivity index (χ2v) is 5.17. The smallest absolute Gasteiger partial charge is 0.309 e. The van der Waals surface area contributed by atoms with E-state index >= 15 is 0 Å². The minimum atomic E-state index is -0.752. The Morgan fingerprint density at radius 3 is 2.56 bits per heavy atom. The molecule has 2 rings (SSSR count). The van der Waals surface area contributed by atoms with Gasteiger partial charge in [-0.25, -0.2) is 0 Å². The molecule has 1 fully saturated rings. The standard InChI is InChI=1S/C15H20O3/c1-9-7-11(3)13(8-10(9)2)14-12(15(16)17)5-4-6-18-14/h7-8,12,14H,4-6H2,1-3H3,(H,16,17). The first-order valence-electron chi connectivity index (χ1n) is 6.43. The Balaban J connectivity index is 2.39. The van der Waals surface area contributed by atoms with Crippen LogP contribution in [0.1, 0.15) is 41.2 Å². The Bertz CT molecular complexity index is 465. The van der Waals surface area contributed by atoms with Gasteiger partial charge in [0.1, 0.15) is 0 Å². The Hall–Kier alpha value is -1.35. The Labute approximate surface area is 108 Å². The minimum absolute atomic E-state index is 0.296. The van der Waals surface area contributed by atoms with E-state index in [1.54, 1.807) is 0 Å². The van der Waals surface area contributed by atoms with Crippen molar-refractivity contribution in [3.05, 3.63) is 34.4 Å². The van der Waals surface area contributed by atoms with Crippen molar-refractivity contribution in [3.63, 3.8) is 0 Å². The normalized spacial score (nSPS) is 23.9. The molecule has 1 aromatic carbocycles. The Morgan fingerprint density at radius 1 is 1.22 bits per heavy atom. The van der Waals surface area contributed by atoms with E-state index in [0.717, 1.165) is 17.5 Å². The molecule has 0 aromatic heterocycles. The van der Waals surface area contributed by atoms with Gasteiger partial charge in [0, 0.05) is 6.61 Å². The van der Waals surface area contributed by atoms with Crippen molar-refractivity contribution in [2.45, 2.75) is 39.7 Å². The zero-order chi connectivity index (χ0) is 13.3. The highest BCUT2D eigenvalue weighted by atomic mass is 16.5. The van der Waals surface area contributed by atoms with E-state index < -0.39 is 11.9 Å². The van der Waals surface area contributed by atoms with E-state index in [1.165, 1.54) is 11.1 Å². The first-order valence-corrected chi connectivity index (χ1v) is 6.43. The van der Waals surface area contributed by atoms with Crippen molar-refractivity contribution in [1.82, 2.24) is 0 Å². The third-order valence-electron chi connectivity index (χ3n) is 3.83. The fourth-order valence-corrected chi connectivity index (χ4v) is 2.63. The lowest BCUT2D eigenvalue weighted by atomic mass is 9.86. The van der Waals surface area contributed by atoms with Crippen LogP contribution >= 0.6 is 0 Å². The van der Waals surface area contributed by atoms with E-state index in [9.17, 15) is 9.90 Å². The van der Waals surface area contributed by atoms with Gasteiger partial charge >= 0.3 is 5.97 Å². The zero-order valence-electron chi connectivity index (χ0n) is 11.2. The molecule has 0 spiro atoms. The maximum absolute atomic E-state index is 11.3. The topological polar surface area (TPSA) is 46.5 Å². The predicted molar refractivity (Wildman–Crippen MR) is 69.7 cm³/mol. The number of carbonyl (C=O) groups is 1. The first-order chi connectivity index (χ1) is 8.50. The monoisotopic (exact) mass is 248 g/mol. The lowest BCUT2D eigenvalue weighted by Crippen LogP contribution is -2.29. The second kappa shape index (κ2) is 5.11. The SMILES string of the molecule is Cc1cc(C)c(C2OCCCC2C(=O)O)cc1C. The van der Waals surface area contributed by atoms with Gasteiger partial charge in [-0.05, 0) is 55.9 Å². The van der Waals surface area contributed by atoms with Crippen LogP contribution < -0.4 is 0 Å². The van der Waals surface area contributed by atoms with Crippen LogP contribution in [0.2, 0.25) is 0 Å². The summed E-state index contributed by atoms with van der Waals surface area (Å²) in [5, 5.41) is 9.30. The summed E-state index contributed by atoms with van der Waals surface area (Å²) >= 11 is 0. The van der Waals surface area contributed by atoms with Gasteiger partial charge in [0.25, 0.3) is 0 Å². The maximum Gasteiger partial charge on any atom is 0.309 e. The Kier molecular flexibility index (Phi) is 3.71. The number of carboxylic acids is 1. The molecule has 98 valence electrons. The van der Waals surface area contributed by atoms with Crippen LogP contribution in [0.25, 0.3) is 0 Å². The molecule has 1 aliphatic heterocycles. The molecule has 1 N–H and O–H groups in total. The minimum Gasteiger partial charge on any atom is -0.481 e. The van der Waals surface area contributed by atoms with Crippen molar-refractivity contribution in [3.8, 4) is 0 Å². The van der Waals surface area contributed by atoms with Crippen molar-refractivity contribution >= 4 is 5.97 Å². The largest absolute Gasteiger partial charge is 0.481 e. The van der Waals surface area contributed by atoms with Gasteiger partial charge in [-0.3, -0.25) is 4.79 Å². The van der Waals surface area contributed by atoms with Gasteiger partial charge < -0.3 is 9.84 Å². The van der Waals surface area contributed by atoms with Crippen molar-refractivity contribution in [2.75, 3.05) is 6.61 Å². The third-order valence-corrected chi connectivity index (χ3v) is 3.83. The molecular formula is C15H20O3.